The average Bonchev–Trinajstić information content (AvgIpc) is 3.38. The molecule has 2 atom stereocenters. The van der Waals surface area contributed by atoms with Gasteiger partial charge in [-0.3, -0.25) is 4.79 Å². The predicted molar refractivity (Wildman–Crippen MR) is 125 cm³/mol. The van der Waals surface area contributed by atoms with E-state index in [2.05, 4.69) is 19.4 Å². The number of anilines is 3. The van der Waals surface area contributed by atoms with Crippen molar-refractivity contribution in [3.8, 4) is 5.75 Å². The molecular formula is C22H26F3N5O4S. The van der Waals surface area contributed by atoms with Crippen LogP contribution in [0.4, 0.5) is 30.5 Å². The normalized spacial score (nSPS) is 13.1. The lowest BCUT2D eigenvalue weighted by atomic mass is 10.0. The SMILES string of the molecule is CC[C@@H](Nc1n[s+]([O-])nc1Nc1ccc(C(F)(F)F)c(C(=O)N(C)C)c1O)c1cc(C(C)C)co1. The summed E-state index contributed by atoms with van der Waals surface area (Å²) in [5, 5.41) is 16.3. The van der Waals surface area contributed by atoms with E-state index in [1.54, 1.807) is 6.26 Å². The molecular weight excluding hydrogens is 487 g/mol. The van der Waals surface area contributed by atoms with Gasteiger partial charge in [0.1, 0.15) is 5.76 Å². The van der Waals surface area contributed by atoms with Gasteiger partial charge in [0.25, 0.3) is 5.91 Å². The van der Waals surface area contributed by atoms with Gasteiger partial charge in [-0.15, -0.1) is 0 Å². The first-order valence-electron chi connectivity index (χ1n) is 10.7. The molecule has 0 aliphatic heterocycles. The first-order chi connectivity index (χ1) is 16.3. The summed E-state index contributed by atoms with van der Waals surface area (Å²) >= 11 is -2.00. The van der Waals surface area contributed by atoms with E-state index in [0.29, 0.717) is 18.2 Å². The van der Waals surface area contributed by atoms with Crippen molar-refractivity contribution >= 4 is 34.4 Å². The van der Waals surface area contributed by atoms with E-state index in [-0.39, 0.29) is 29.3 Å². The molecule has 1 aromatic carbocycles. The highest BCUT2D eigenvalue weighted by molar-refractivity contribution is 7.14. The zero-order valence-corrected chi connectivity index (χ0v) is 20.5. The van der Waals surface area contributed by atoms with Crippen LogP contribution in [-0.4, -0.2) is 43.3 Å². The molecule has 1 unspecified atom stereocenters. The number of benzene rings is 1. The van der Waals surface area contributed by atoms with Gasteiger partial charge in [0, 0.05) is 22.8 Å². The van der Waals surface area contributed by atoms with Crippen molar-refractivity contribution < 1.29 is 32.0 Å². The number of aromatic hydroxyl groups is 1. The van der Waals surface area contributed by atoms with E-state index in [4.69, 9.17) is 4.42 Å². The molecule has 0 saturated heterocycles. The van der Waals surface area contributed by atoms with E-state index in [0.717, 1.165) is 16.5 Å². The van der Waals surface area contributed by atoms with Crippen LogP contribution in [0.1, 0.15) is 66.4 Å². The number of phenols is 1. The van der Waals surface area contributed by atoms with Crippen molar-refractivity contribution in [1.82, 2.24) is 13.6 Å². The van der Waals surface area contributed by atoms with Crippen LogP contribution in [0.25, 0.3) is 0 Å². The molecule has 35 heavy (non-hydrogen) atoms. The molecule has 3 N–H and O–H groups in total. The number of carbonyl (C=O) groups is 1. The number of nitrogens with one attached hydrogen (secondary N) is 2. The van der Waals surface area contributed by atoms with Gasteiger partial charge in [-0.2, -0.15) is 13.2 Å². The van der Waals surface area contributed by atoms with Crippen molar-refractivity contribution in [2.45, 2.75) is 45.3 Å². The summed E-state index contributed by atoms with van der Waals surface area (Å²) in [4.78, 5) is 13.4. The minimum atomic E-state index is -4.87. The lowest BCUT2D eigenvalue weighted by molar-refractivity contribution is -0.138. The number of hydrogen-bond acceptors (Lipinski definition) is 8. The number of carbonyl (C=O) groups excluding carboxylic acids is 1. The predicted octanol–water partition coefficient (Wildman–Crippen LogP) is 5.65. The lowest BCUT2D eigenvalue weighted by Crippen LogP contribution is -2.25. The fraction of sp³-hybridized carbons (Fsp3) is 0.409. The van der Waals surface area contributed by atoms with E-state index >= 15 is 0 Å². The largest absolute Gasteiger partial charge is 0.546 e. The summed E-state index contributed by atoms with van der Waals surface area (Å²) in [6.45, 7) is 5.94. The Hall–Kier alpha value is -3.32. The van der Waals surface area contributed by atoms with E-state index in [9.17, 15) is 27.6 Å². The number of nitrogens with zero attached hydrogens (tertiary/aromatic N) is 3. The maximum absolute atomic E-state index is 13.5. The van der Waals surface area contributed by atoms with Crippen LogP contribution < -0.4 is 10.6 Å². The molecule has 0 aliphatic carbocycles. The van der Waals surface area contributed by atoms with E-state index in [1.807, 2.05) is 26.8 Å². The third kappa shape index (κ3) is 5.68. The van der Waals surface area contributed by atoms with Crippen molar-refractivity contribution in [3.63, 3.8) is 0 Å². The average molecular weight is 514 g/mol. The summed E-state index contributed by atoms with van der Waals surface area (Å²) in [5.41, 5.74) is -1.43. The Balaban J connectivity index is 1.97. The molecule has 0 radical (unpaired) electrons. The van der Waals surface area contributed by atoms with Crippen LogP contribution in [0, 0.1) is 0 Å². The second kappa shape index (κ2) is 10.1. The summed E-state index contributed by atoms with van der Waals surface area (Å²) in [6.07, 6.45) is -2.66. The number of amides is 1. The number of rotatable bonds is 8. The zero-order valence-electron chi connectivity index (χ0n) is 19.7. The molecule has 13 heteroatoms. The fourth-order valence-corrected chi connectivity index (χ4v) is 3.95. The van der Waals surface area contributed by atoms with E-state index < -0.39 is 40.1 Å². The minimum Gasteiger partial charge on any atom is -0.546 e. The monoisotopic (exact) mass is 513 g/mol. The molecule has 0 fully saturated rings. The lowest BCUT2D eigenvalue weighted by Gasteiger charge is -2.19. The first-order valence-corrected chi connectivity index (χ1v) is 11.8. The maximum atomic E-state index is 13.5. The van der Waals surface area contributed by atoms with Gasteiger partial charge >= 0.3 is 6.18 Å². The standard InChI is InChI=1S/C22H26F3N5O4S/c1-6-14(16-9-12(10-34-16)11(2)3)26-19-20(29-35(33)28-19)27-15-8-7-13(22(23,24)25)17(18(15)31)21(32)30(4)5/h7-11,14,31H,6H2,1-5H3,(H,26,28)(H,27,29)/t14-,35?/m1/s1. The number of halogens is 3. The zero-order chi connectivity index (χ0) is 26.1. The van der Waals surface area contributed by atoms with Crippen LogP contribution in [0.3, 0.4) is 0 Å². The van der Waals surface area contributed by atoms with Crippen molar-refractivity contribution in [2.24, 2.45) is 0 Å². The van der Waals surface area contributed by atoms with Gasteiger partial charge in [0.05, 0.1) is 29.1 Å². The van der Waals surface area contributed by atoms with Crippen molar-refractivity contribution in [3.05, 3.63) is 46.9 Å². The van der Waals surface area contributed by atoms with Crippen LogP contribution in [0.15, 0.2) is 28.9 Å². The first kappa shape index (κ1) is 26.3. The molecule has 3 aromatic rings. The Morgan fingerprint density at radius 2 is 1.91 bits per heavy atom. The Morgan fingerprint density at radius 3 is 2.46 bits per heavy atom. The molecule has 3 rings (SSSR count). The van der Waals surface area contributed by atoms with Gasteiger partial charge in [0.15, 0.2) is 16.9 Å². The summed E-state index contributed by atoms with van der Waals surface area (Å²) in [7, 11) is 2.54. The van der Waals surface area contributed by atoms with Gasteiger partial charge < -0.3 is 29.6 Å². The quantitative estimate of drug-likeness (QED) is 0.260. The van der Waals surface area contributed by atoms with E-state index in [1.165, 1.54) is 14.1 Å². The van der Waals surface area contributed by atoms with Crippen LogP contribution in [-0.2, 0) is 6.18 Å². The molecule has 2 heterocycles. The Labute approximate surface area is 203 Å². The topological polar surface area (TPSA) is 127 Å². The van der Waals surface area contributed by atoms with Crippen LogP contribution in [0.2, 0.25) is 0 Å². The number of phenolic OH excluding ortho intramolecular Hbond substituents is 1. The Bertz CT molecular complexity index is 1210. The fourth-order valence-electron chi connectivity index (χ4n) is 3.33. The van der Waals surface area contributed by atoms with Gasteiger partial charge in [0.2, 0.25) is 11.6 Å². The highest BCUT2D eigenvalue weighted by atomic mass is 32.2. The second-order valence-corrected chi connectivity index (χ2v) is 9.19. The molecule has 0 bridgehead atoms. The third-order valence-corrected chi connectivity index (χ3v) is 5.97. The molecule has 0 spiro atoms. The van der Waals surface area contributed by atoms with Crippen molar-refractivity contribution in [2.75, 3.05) is 24.7 Å². The highest BCUT2D eigenvalue weighted by Gasteiger charge is 2.38. The molecule has 2 aromatic heterocycles. The van der Waals surface area contributed by atoms with Gasteiger partial charge in [-0.05, 0) is 36.1 Å². The number of alkyl halides is 3. The number of hydrogen-bond donors (Lipinski definition) is 3. The van der Waals surface area contributed by atoms with Crippen LogP contribution in [0.5, 0.6) is 5.75 Å². The highest BCUT2D eigenvalue weighted by Crippen LogP contribution is 2.42. The van der Waals surface area contributed by atoms with Crippen molar-refractivity contribution in [1.29, 1.82) is 0 Å². The molecule has 190 valence electrons. The number of aromatic nitrogens is 2. The van der Waals surface area contributed by atoms with Gasteiger partial charge in [-0.25, -0.2) is 0 Å². The summed E-state index contributed by atoms with van der Waals surface area (Å²) < 4.78 is 66.0. The third-order valence-electron chi connectivity index (χ3n) is 5.29. The Kier molecular flexibility index (Phi) is 7.60. The van der Waals surface area contributed by atoms with Gasteiger partial charge in [-0.1, -0.05) is 20.8 Å². The Morgan fingerprint density at radius 1 is 1.26 bits per heavy atom. The summed E-state index contributed by atoms with van der Waals surface area (Å²) in [6, 6.07) is 3.17. The smallest absolute Gasteiger partial charge is 0.417 e. The summed E-state index contributed by atoms with van der Waals surface area (Å²) in [5.74, 6) is -1.09. The minimum absolute atomic E-state index is 0.0671. The molecule has 9 nitrogen and oxygen atoms in total. The molecule has 1 amide bonds. The molecule has 0 saturated carbocycles. The van der Waals surface area contributed by atoms with Crippen LogP contribution >= 0.6 is 11.1 Å². The second-order valence-electron chi connectivity index (χ2n) is 8.36. The molecule has 0 aliphatic rings. The number of furan rings is 1. The maximum Gasteiger partial charge on any atom is 0.417 e.